The third-order valence-corrected chi connectivity index (χ3v) is 8.46. The zero-order valence-corrected chi connectivity index (χ0v) is 26.3. The third kappa shape index (κ3) is 6.31. The fourth-order valence-corrected chi connectivity index (χ4v) is 5.94. The van der Waals surface area contributed by atoms with Gasteiger partial charge in [0.2, 0.25) is 0 Å². The van der Waals surface area contributed by atoms with Crippen LogP contribution in [-0.2, 0) is 0 Å². The van der Waals surface area contributed by atoms with Gasteiger partial charge in [-0.3, -0.25) is 0 Å². The zero-order chi connectivity index (χ0) is 30.4. The summed E-state index contributed by atoms with van der Waals surface area (Å²) in [7, 11) is 0. The molecule has 0 bridgehead atoms. The molecule has 0 saturated carbocycles. The van der Waals surface area contributed by atoms with Crippen LogP contribution in [0, 0.1) is 0 Å². The maximum Gasteiger partial charge on any atom is 0.0463 e. The molecule has 0 fully saturated rings. The van der Waals surface area contributed by atoms with E-state index in [9.17, 15) is 0 Å². The Balaban J connectivity index is 1.28. The number of nitrogens with zero attached hydrogens (tertiary/aromatic N) is 2. The van der Waals surface area contributed by atoms with Gasteiger partial charge in [0.25, 0.3) is 0 Å². The highest BCUT2D eigenvalue weighted by atomic mass is 79.9. The summed E-state index contributed by atoms with van der Waals surface area (Å²) in [4.78, 5) is 4.61. The van der Waals surface area contributed by atoms with Crippen LogP contribution in [0.2, 0.25) is 0 Å². The first kappa shape index (κ1) is 28.4. The topological polar surface area (TPSA) is 6.48 Å². The molecule has 0 atom stereocenters. The molecule has 3 heteroatoms. The molecular formula is C42H31BrN2. The van der Waals surface area contributed by atoms with E-state index in [1.807, 2.05) is 0 Å². The highest BCUT2D eigenvalue weighted by molar-refractivity contribution is 9.10. The Kier molecular flexibility index (Phi) is 8.26. The minimum absolute atomic E-state index is 1.08. The van der Waals surface area contributed by atoms with Gasteiger partial charge in [-0.2, -0.15) is 0 Å². The Hall–Kier alpha value is -5.38. The van der Waals surface area contributed by atoms with E-state index in [1.54, 1.807) is 0 Å². The van der Waals surface area contributed by atoms with E-state index in [2.05, 4.69) is 214 Å². The van der Waals surface area contributed by atoms with E-state index in [-0.39, 0.29) is 0 Å². The molecular weight excluding hydrogens is 612 g/mol. The maximum absolute atomic E-state index is 3.55. The molecule has 0 N–H and O–H groups in total. The quantitative estimate of drug-likeness (QED) is 0.163. The van der Waals surface area contributed by atoms with Crippen LogP contribution in [0.15, 0.2) is 193 Å². The average Bonchev–Trinajstić information content (AvgIpc) is 3.12. The smallest absolute Gasteiger partial charge is 0.0463 e. The third-order valence-electron chi connectivity index (χ3n) is 7.93. The maximum atomic E-state index is 3.55. The summed E-state index contributed by atoms with van der Waals surface area (Å²) in [6.07, 6.45) is 0. The van der Waals surface area contributed by atoms with Gasteiger partial charge in [-0.15, -0.1) is 0 Å². The summed E-state index contributed by atoms with van der Waals surface area (Å²) < 4.78 is 1.08. The van der Waals surface area contributed by atoms with Crippen LogP contribution in [-0.4, -0.2) is 0 Å². The number of para-hydroxylation sites is 2. The Morgan fingerprint density at radius 1 is 0.244 bits per heavy atom. The van der Waals surface area contributed by atoms with E-state index in [4.69, 9.17) is 0 Å². The highest BCUT2D eigenvalue weighted by Gasteiger charge is 2.16. The molecule has 7 aromatic carbocycles. The van der Waals surface area contributed by atoms with Crippen molar-refractivity contribution >= 4 is 50.1 Å². The van der Waals surface area contributed by atoms with Gasteiger partial charge in [0.05, 0.1) is 0 Å². The lowest BCUT2D eigenvalue weighted by Crippen LogP contribution is -2.12. The van der Waals surface area contributed by atoms with Crippen molar-refractivity contribution in [2.24, 2.45) is 0 Å². The second kappa shape index (κ2) is 13.1. The number of benzene rings is 7. The molecule has 0 aliphatic carbocycles. The standard InChI is InChI=1S/C42H31BrN2/c43-36-22-16-33(17-23-36)35-20-26-40(27-21-35)45(39-24-18-34(19-25-39)32-10-4-1-5-11-32)42-30-28-41(29-31-42)44(37-12-6-2-7-13-37)38-14-8-3-9-15-38/h1-31H. The first-order chi connectivity index (χ1) is 22.2. The van der Waals surface area contributed by atoms with E-state index < -0.39 is 0 Å². The summed E-state index contributed by atoms with van der Waals surface area (Å²) >= 11 is 3.55. The van der Waals surface area contributed by atoms with Crippen LogP contribution in [0.25, 0.3) is 22.3 Å². The minimum atomic E-state index is 1.08. The van der Waals surface area contributed by atoms with Crippen LogP contribution < -0.4 is 9.80 Å². The number of halogens is 1. The Labute approximate surface area is 273 Å². The molecule has 2 nitrogen and oxygen atoms in total. The molecule has 216 valence electrons. The van der Waals surface area contributed by atoms with Gasteiger partial charge in [-0.05, 0) is 107 Å². The molecule has 7 rings (SSSR count). The van der Waals surface area contributed by atoms with Gasteiger partial charge in [0, 0.05) is 38.6 Å². The molecule has 0 aromatic heterocycles. The first-order valence-corrected chi connectivity index (χ1v) is 15.8. The average molecular weight is 644 g/mol. The fraction of sp³-hybridized carbons (Fsp3) is 0. The van der Waals surface area contributed by atoms with E-state index in [0.717, 1.165) is 38.6 Å². The van der Waals surface area contributed by atoms with Crippen molar-refractivity contribution in [2.75, 3.05) is 9.80 Å². The first-order valence-electron chi connectivity index (χ1n) is 15.0. The minimum Gasteiger partial charge on any atom is -0.311 e. The molecule has 0 amide bonds. The van der Waals surface area contributed by atoms with Crippen LogP contribution in [0.1, 0.15) is 0 Å². The molecule has 0 unspecified atom stereocenters. The Bertz CT molecular complexity index is 1920. The van der Waals surface area contributed by atoms with Gasteiger partial charge in [0.1, 0.15) is 0 Å². The summed E-state index contributed by atoms with van der Waals surface area (Å²) in [6, 6.07) is 66.5. The van der Waals surface area contributed by atoms with Crippen molar-refractivity contribution in [3.8, 4) is 22.3 Å². The monoisotopic (exact) mass is 642 g/mol. The van der Waals surface area contributed by atoms with Gasteiger partial charge in [-0.1, -0.05) is 119 Å². The molecule has 0 radical (unpaired) electrons. The summed E-state index contributed by atoms with van der Waals surface area (Å²) in [5, 5.41) is 0. The number of anilines is 6. The summed E-state index contributed by atoms with van der Waals surface area (Å²) in [5.41, 5.74) is 11.4. The Morgan fingerprint density at radius 2 is 0.489 bits per heavy atom. The van der Waals surface area contributed by atoms with Crippen molar-refractivity contribution in [3.05, 3.63) is 193 Å². The zero-order valence-electron chi connectivity index (χ0n) is 24.7. The van der Waals surface area contributed by atoms with Gasteiger partial charge in [0.15, 0.2) is 0 Å². The lowest BCUT2D eigenvalue weighted by atomic mass is 10.0. The molecule has 45 heavy (non-hydrogen) atoms. The van der Waals surface area contributed by atoms with Crippen molar-refractivity contribution in [3.63, 3.8) is 0 Å². The van der Waals surface area contributed by atoms with Crippen molar-refractivity contribution in [2.45, 2.75) is 0 Å². The van der Waals surface area contributed by atoms with Gasteiger partial charge < -0.3 is 9.80 Å². The van der Waals surface area contributed by atoms with E-state index in [0.29, 0.717) is 0 Å². The lowest BCUT2D eigenvalue weighted by molar-refractivity contribution is 1.26. The predicted molar refractivity (Wildman–Crippen MR) is 194 cm³/mol. The Morgan fingerprint density at radius 3 is 0.844 bits per heavy atom. The number of hydrogen-bond acceptors (Lipinski definition) is 2. The van der Waals surface area contributed by atoms with Gasteiger partial charge in [-0.25, -0.2) is 0 Å². The lowest BCUT2D eigenvalue weighted by Gasteiger charge is -2.28. The number of rotatable bonds is 8. The molecule has 0 aliphatic rings. The van der Waals surface area contributed by atoms with Crippen LogP contribution in [0.5, 0.6) is 0 Å². The van der Waals surface area contributed by atoms with Crippen molar-refractivity contribution in [1.29, 1.82) is 0 Å². The van der Waals surface area contributed by atoms with Crippen LogP contribution in [0.3, 0.4) is 0 Å². The summed E-state index contributed by atoms with van der Waals surface area (Å²) in [5.74, 6) is 0. The van der Waals surface area contributed by atoms with Crippen LogP contribution >= 0.6 is 15.9 Å². The molecule has 0 saturated heterocycles. The van der Waals surface area contributed by atoms with Gasteiger partial charge >= 0.3 is 0 Å². The van der Waals surface area contributed by atoms with E-state index in [1.165, 1.54) is 22.3 Å². The van der Waals surface area contributed by atoms with E-state index >= 15 is 0 Å². The molecule has 0 spiro atoms. The largest absolute Gasteiger partial charge is 0.311 e. The second-order valence-corrected chi connectivity index (χ2v) is 11.7. The SMILES string of the molecule is Brc1ccc(-c2ccc(N(c3ccc(-c4ccccc4)cc3)c3ccc(N(c4ccccc4)c4ccccc4)cc3)cc2)cc1. The fourth-order valence-electron chi connectivity index (χ4n) is 5.68. The van der Waals surface area contributed by atoms with Crippen LogP contribution in [0.4, 0.5) is 34.1 Å². The normalized spacial score (nSPS) is 10.8. The van der Waals surface area contributed by atoms with Crippen molar-refractivity contribution in [1.82, 2.24) is 0 Å². The summed E-state index contributed by atoms with van der Waals surface area (Å²) in [6.45, 7) is 0. The van der Waals surface area contributed by atoms with Crippen molar-refractivity contribution < 1.29 is 0 Å². The number of hydrogen-bond donors (Lipinski definition) is 0. The second-order valence-electron chi connectivity index (χ2n) is 10.8. The highest BCUT2D eigenvalue weighted by Crippen LogP contribution is 2.40. The predicted octanol–water partition coefficient (Wildman–Crippen LogP) is 12.7. The molecule has 7 aromatic rings. The molecule has 0 aliphatic heterocycles. The molecule has 0 heterocycles.